The first kappa shape index (κ1) is 12.7. The van der Waals surface area contributed by atoms with Gasteiger partial charge in [-0.25, -0.2) is 9.97 Å². The molecule has 5 nitrogen and oxygen atoms in total. The Morgan fingerprint density at radius 1 is 1.25 bits per heavy atom. The molecule has 1 aliphatic heterocycles. The SMILES string of the molecule is CCc1c(NC)ncnc1NC1COc2ccccc21. The monoisotopic (exact) mass is 270 g/mol. The quantitative estimate of drug-likeness (QED) is 0.894. The van der Waals surface area contributed by atoms with Crippen molar-refractivity contribution in [2.75, 3.05) is 24.3 Å². The number of ether oxygens (including phenoxy) is 1. The van der Waals surface area contributed by atoms with E-state index in [0.717, 1.165) is 29.4 Å². The summed E-state index contributed by atoms with van der Waals surface area (Å²) in [5.41, 5.74) is 2.28. The van der Waals surface area contributed by atoms with Crippen LogP contribution in [0.1, 0.15) is 24.1 Å². The highest BCUT2D eigenvalue weighted by Gasteiger charge is 2.24. The molecule has 0 radical (unpaired) electrons. The number of benzene rings is 1. The topological polar surface area (TPSA) is 59.1 Å². The van der Waals surface area contributed by atoms with E-state index in [-0.39, 0.29) is 6.04 Å². The van der Waals surface area contributed by atoms with Crippen LogP contribution in [0.3, 0.4) is 0 Å². The second-order valence-corrected chi connectivity index (χ2v) is 4.70. The molecule has 5 heteroatoms. The van der Waals surface area contributed by atoms with Crippen LogP contribution in [0.25, 0.3) is 0 Å². The zero-order valence-corrected chi connectivity index (χ0v) is 11.7. The molecule has 2 N–H and O–H groups in total. The summed E-state index contributed by atoms with van der Waals surface area (Å²) in [6.45, 7) is 2.73. The highest BCUT2D eigenvalue weighted by molar-refractivity contribution is 5.58. The van der Waals surface area contributed by atoms with Crippen LogP contribution in [0.4, 0.5) is 11.6 Å². The number of anilines is 2. The molecule has 1 aliphatic rings. The third-order valence-electron chi connectivity index (χ3n) is 3.55. The fourth-order valence-electron chi connectivity index (χ4n) is 2.53. The minimum absolute atomic E-state index is 0.135. The van der Waals surface area contributed by atoms with Gasteiger partial charge in [0.25, 0.3) is 0 Å². The van der Waals surface area contributed by atoms with E-state index in [1.165, 1.54) is 5.56 Å². The number of hydrogen-bond acceptors (Lipinski definition) is 5. The van der Waals surface area contributed by atoms with E-state index in [1.54, 1.807) is 6.33 Å². The maximum atomic E-state index is 5.69. The van der Waals surface area contributed by atoms with Crippen LogP contribution in [0.2, 0.25) is 0 Å². The van der Waals surface area contributed by atoms with Crippen molar-refractivity contribution >= 4 is 11.6 Å². The van der Waals surface area contributed by atoms with Crippen molar-refractivity contribution in [3.05, 3.63) is 41.7 Å². The van der Waals surface area contributed by atoms with E-state index in [0.29, 0.717) is 6.61 Å². The Bertz CT molecular complexity index is 615. The lowest BCUT2D eigenvalue weighted by Gasteiger charge is -2.16. The third-order valence-corrected chi connectivity index (χ3v) is 3.55. The minimum atomic E-state index is 0.135. The fraction of sp³-hybridized carbons (Fsp3) is 0.333. The molecule has 1 aromatic heterocycles. The number of nitrogens with one attached hydrogen (secondary N) is 2. The van der Waals surface area contributed by atoms with Crippen LogP contribution in [-0.2, 0) is 6.42 Å². The van der Waals surface area contributed by atoms with Gasteiger partial charge in [-0.05, 0) is 12.5 Å². The van der Waals surface area contributed by atoms with Crippen LogP contribution in [-0.4, -0.2) is 23.6 Å². The molecular formula is C15H18N4O. The van der Waals surface area contributed by atoms with Crippen molar-refractivity contribution in [1.29, 1.82) is 0 Å². The van der Waals surface area contributed by atoms with Gasteiger partial charge in [0.2, 0.25) is 0 Å². The van der Waals surface area contributed by atoms with Gasteiger partial charge in [0.05, 0.1) is 6.04 Å². The number of nitrogens with zero attached hydrogens (tertiary/aromatic N) is 2. The Morgan fingerprint density at radius 2 is 2.05 bits per heavy atom. The number of para-hydroxylation sites is 1. The predicted molar refractivity (Wildman–Crippen MR) is 79.3 cm³/mol. The standard InChI is InChI=1S/C15H18N4O/c1-3-10-14(16-2)17-9-18-15(10)19-12-8-20-13-7-5-4-6-11(12)13/h4-7,9,12H,3,8H2,1-2H3,(H2,16,17,18,19). The zero-order chi connectivity index (χ0) is 13.9. The number of aromatic nitrogens is 2. The molecule has 0 amide bonds. The molecule has 0 spiro atoms. The first-order valence-electron chi connectivity index (χ1n) is 6.83. The van der Waals surface area contributed by atoms with E-state index >= 15 is 0 Å². The zero-order valence-electron chi connectivity index (χ0n) is 11.7. The summed E-state index contributed by atoms with van der Waals surface area (Å²) in [5.74, 6) is 2.69. The molecule has 1 atom stereocenters. The summed E-state index contributed by atoms with van der Waals surface area (Å²) in [4.78, 5) is 8.63. The van der Waals surface area contributed by atoms with Gasteiger partial charge < -0.3 is 15.4 Å². The van der Waals surface area contributed by atoms with Crippen LogP contribution in [0, 0.1) is 0 Å². The summed E-state index contributed by atoms with van der Waals surface area (Å²) in [6, 6.07) is 8.24. The van der Waals surface area contributed by atoms with Crippen LogP contribution < -0.4 is 15.4 Å². The van der Waals surface area contributed by atoms with Crippen LogP contribution in [0.15, 0.2) is 30.6 Å². The smallest absolute Gasteiger partial charge is 0.135 e. The number of rotatable bonds is 4. The van der Waals surface area contributed by atoms with Crippen molar-refractivity contribution < 1.29 is 4.74 Å². The lowest BCUT2D eigenvalue weighted by atomic mass is 10.1. The molecule has 1 unspecified atom stereocenters. The van der Waals surface area contributed by atoms with Gasteiger partial charge in [-0.3, -0.25) is 0 Å². The molecule has 1 aromatic carbocycles. The van der Waals surface area contributed by atoms with Gasteiger partial charge in [-0.2, -0.15) is 0 Å². The second kappa shape index (κ2) is 5.36. The average Bonchev–Trinajstić information content (AvgIpc) is 2.90. The van der Waals surface area contributed by atoms with Crippen molar-refractivity contribution in [3.8, 4) is 5.75 Å². The highest BCUT2D eigenvalue weighted by Crippen LogP contribution is 2.34. The molecule has 20 heavy (non-hydrogen) atoms. The van der Waals surface area contributed by atoms with E-state index in [4.69, 9.17) is 4.74 Å². The van der Waals surface area contributed by atoms with Crippen LogP contribution >= 0.6 is 0 Å². The van der Waals surface area contributed by atoms with Crippen molar-refractivity contribution in [1.82, 2.24) is 9.97 Å². The third kappa shape index (κ3) is 2.15. The summed E-state index contributed by atoms with van der Waals surface area (Å²) >= 11 is 0. The fourth-order valence-corrected chi connectivity index (χ4v) is 2.53. The van der Waals surface area contributed by atoms with Gasteiger partial charge in [-0.15, -0.1) is 0 Å². The van der Waals surface area contributed by atoms with Crippen molar-refractivity contribution in [2.45, 2.75) is 19.4 Å². The summed E-state index contributed by atoms with van der Waals surface area (Å²) in [6.07, 6.45) is 2.45. The molecule has 0 fully saturated rings. The van der Waals surface area contributed by atoms with E-state index in [2.05, 4.69) is 33.6 Å². The van der Waals surface area contributed by atoms with Gasteiger partial charge in [-0.1, -0.05) is 25.1 Å². The molecule has 0 saturated heterocycles. The molecule has 2 heterocycles. The lowest BCUT2D eigenvalue weighted by molar-refractivity contribution is 0.339. The first-order chi connectivity index (χ1) is 9.83. The molecule has 0 bridgehead atoms. The van der Waals surface area contributed by atoms with E-state index < -0.39 is 0 Å². The Morgan fingerprint density at radius 3 is 2.85 bits per heavy atom. The predicted octanol–water partition coefficient (Wildman–Crippen LogP) is 2.63. The Labute approximate surface area is 118 Å². The maximum absolute atomic E-state index is 5.69. The molecular weight excluding hydrogens is 252 g/mol. The number of fused-ring (bicyclic) bond motifs is 1. The molecule has 0 aliphatic carbocycles. The van der Waals surface area contributed by atoms with E-state index in [9.17, 15) is 0 Å². The number of hydrogen-bond donors (Lipinski definition) is 2. The summed E-state index contributed by atoms with van der Waals surface area (Å²) in [5, 5.41) is 6.58. The van der Waals surface area contributed by atoms with Crippen molar-refractivity contribution in [2.24, 2.45) is 0 Å². The average molecular weight is 270 g/mol. The van der Waals surface area contributed by atoms with E-state index in [1.807, 2.05) is 25.2 Å². The lowest BCUT2D eigenvalue weighted by Crippen LogP contribution is -2.15. The Kier molecular flexibility index (Phi) is 3.41. The van der Waals surface area contributed by atoms with Gasteiger partial charge in [0.15, 0.2) is 0 Å². The van der Waals surface area contributed by atoms with Gasteiger partial charge >= 0.3 is 0 Å². The summed E-state index contributed by atoms with van der Waals surface area (Å²) < 4.78 is 5.69. The largest absolute Gasteiger partial charge is 0.491 e. The normalized spacial score (nSPS) is 16.4. The molecule has 0 saturated carbocycles. The summed E-state index contributed by atoms with van der Waals surface area (Å²) in [7, 11) is 1.87. The Hall–Kier alpha value is -2.30. The molecule has 3 rings (SSSR count). The van der Waals surface area contributed by atoms with Gasteiger partial charge in [0.1, 0.15) is 30.3 Å². The Balaban J connectivity index is 1.90. The minimum Gasteiger partial charge on any atom is -0.491 e. The highest BCUT2D eigenvalue weighted by atomic mass is 16.5. The molecule has 2 aromatic rings. The molecule has 104 valence electrons. The maximum Gasteiger partial charge on any atom is 0.135 e. The van der Waals surface area contributed by atoms with Crippen LogP contribution in [0.5, 0.6) is 5.75 Å². The van der Waals surface area contributed by atoms with Gasteiger partial charge in [0, 0.05) is 18.2 Å². The van der Waals surface area contributed by atoms with Crippen molar-refractivity contribution in [3.63, 3.8) is 0 Å². The first-order valence-corrected chi connectivity index (χ1v) is 6.83. The second-order valence-electron chi connectivity index (χ2n) is 4.70.